The van der Waals surface area contributed by atoms with E-state index in [1.807, 2.05) is 13.2 Å². The van der Waals surface area contributed by atoms with Crippen molar-refractivity contribution < 1.29 is 9.84 Å². The van der Waals surface area contributed by atoms with Crippen LogP contribution in [0.3, 0.4) is 0 Å². The number of hydrogen-bond donors (Lipinski definition) is 1. The molecule has 0 aromatic carbocycles. The van der Waals surface area contributed by atoms with Crippen molar-refractivity contribution in [1.29, 1.82) is 0 Å². The van der Waals surface area contributed by atoms with Crippen molar-refractivity contribution >= 4 is 28.4 Å². The predicted octanol–water partition coefficient (Wildman–Crippen LogP) is 2.59. The van der Waals surface area contributed by atoms with Crippen LogP contribution in [-0.2, 0) is 4.74 Å². The van der Waals surface area contributed by atoms with Crippen LogP contribution in [0.4, 0.5) is 0 Å². The van der Waals surface area contributed by atoms with Gasteiger partial charge in [0.2, 0.25) is 4.38 Å². The number of hydrogen-bond acceptors (Lipinski definition) is 4. The summed E-state index contributed by atoms with van der Waals surface area (Å²) in [5, 5.41) is 9.75. The average Bonchev–Trinajstić information content (AvgIpc) is 2.16. The summed E-state index contributed by atoms with van der Waals surface area (Å²) >= 11 is 6.43. The summed E-state index contributed by atoms with van der Waals surface area (Å²) in [6.07, 6.45) is 5.78. The fourth-order valence-electron chi connectivity index (χ4n) is 1.71. The van der Waals surface area contributed by atoms with E-state index in [4.69, 9.17) is 17.0 Å². The second-order valence-electron chi connectivity index (χ2n) is 4.21. The highest BCUT2D eigenvalue weighted by Gasteiger charge is 2.28. The minimum Gasteiger partial charge on any atom is -0.478 e. The Morgan fingerprint density at radius 2 is 2.14 bits per heavy atom. The molecule has 1 rings (SSSR count). The van der Waals surface area contributed by atoms with E-state index >= 15 is 0 Å². The monoisotopic (exact) mass is 234 g/mol. The smallest absolute Gasteiger partial charge is 0.219 e. The van der Waals surface area contributed by atoms with Crippen molar-refractivity contribution in [2.45, 2.75) is 38.2 Å². The highest BCUT2D eigenvalue weighted by molar-refractivity contribution is 8.22. The standard InChI is InChI=1S/C10H18O2S2/c1-10(11)5-3-8(4-6-10)7-12-9(13)14-2/h8,11H,3-7H2,1-2H3. The maximum Gasteiger partial charge on any atom is 0.219 e. The summed E-state index contributed by atoms with van der Waals surface area (Å²) in [5.74, 6) is 0.570. The van der Waals surface area contributed by atoms with Gasteiger partial charge >= 0.3 is 0 Å². The van der Waals surface area contributed by atoms with Gasteiger partial charge in [-0.15, -0.1) is 0 Å². The highest BCUT2D eigenvalue weighted by atomic mass is 32.2. The van der Waals surface area contributed by atoms with Gasteiger partial charge in [-0.2, -0.15) is 0 Å². The summed E-state index contributed by atoms with van der Waals surface area (Å²) < 4.78 is 6.04. The molecule has 0 amide bonds. The Hall–Kier alpha value is 0.200. The summed E-state index contributed by atoms with van der Waals surface area (Å²) in [7, 11) is 0. The van der Waals surface area contributed by atoms with E-state index in [1.165, 1.54) is 11.8 Å². The molecule has 0 aromatic heterocycles. The van der Waals surface area contributed by atoms with E-state index in [-0.39, 0.29) is 0 Å². The largest absolute Gasteiger partial charge is 0.478 e. The molecule has 0 aromatic rings. The predicted molar refractivity (Wildman–Crippen MR) is 64.6 cm³/mol. The Morgan fingerprint density at radius 1 is 1.57 bits per heavy atom. The summed E-state index contributed by atoms with van der Waals surface area (Å²) in [6, 6.07) is 0. The maximum absolute atomic E-state index is 9.75. The fraction of sp³-hybridized carbons (Fsp3) is 0.900. The fourth-order valence-corrected chi connectivity index (χ4v) is 1.96. The normalized spacial score (nSPS) is 32.6. The summed E-state index contributed by atoms with van der Waals surface area (Å²) in [4.78, 5) is 0. The van der Waals surface area contributed by atoms with Crippen LogP contribution in [0.1, 0.15) is 32.6 Å². The van der Waals surface area contributed by atoms with Crippen LogP contribution in [0, 0.1) is 5.92 Å². The van der Waals surface area contributed by atoms with E-state index in [1.54, 1.807) is 0 Å². The molecule has 1 aliphatic carbocycles. The first kappa shape index (κ1) is 12.3. The molecule has 14 heavy (non-hydrogen) atoms. The summed E-state index contributed by atoms with van der Waals surface area (Å²) in [6.45, 7) is 2.63. The lowest BCUT2D eigenvalue weighted by Crippen LogP contribution is -2.31. The van der Waals surface area contributed by atoms with Crippen LogP contribution in [0.2, 0.25) is 0 Å². The maximum atomic E-state index is 9.75. The topological polar surface area (TPSA) is 29.5 Å². The zero-order valence-electron chi connectivity index (χ0n) is 8.78. The zero-order valence-corrected chi connectivity index (χ0v) is 10.4. The lowest BCUT2D eigenvalue weighted by Gasteiger charge is -2.32. The minimum absolute atomic E-state index is 0.448. The van der Waals surface area contributed by atoms with Gasteiger partial charge in [-0.1, -0.05) is 11.8 Å². The SMILES string of the molecule is CSC(=S)OCC1CCC(C)(O)CC1. The number of aliphatic hydroxyl groups is 1. The summed E-state index contributed by atoms with van der Waals surface area (Å²) in [5.41, 5.74) is -0.448. The molecule has 0 saturated heterocycles. The van der Waals surface area contributed by atoms with Crippen LogP contribution in [0.25, 0.3) is 0 Å². The van der Waals surface area contributed by atoms with Crippen molar-refractivity contribution in [1.82, 2.24) is 0 Å². The van der Waals surface area contributed by atoms with Crippen molar-refractivity contribution in [2.75, 3.05) is 12.9 Å². The number of ether oxygens (including phenoxy) is 1. The third kappa shape index (κ3) is 4.15. The van der Waals surface area contributed by atoms with Crippen LogP contribution in [0.5, 0.6) is 0 Å². The Morgan fingerprint density at radius 3 is 2.64 bits per heavy atom. The van der Waals surface area contributed by atoms with Gasteiger partial charge in [0, 0.05) is 0 Å². The second kappa shape index (κ2) is 5.33. The average molecular weight is 234 g/mol. The Kier molecular flexibility index (Phi) is 4.67. The van der Waals surface area contributed by atoms with E-state index in [9.17, 15) is 5.11 Å². The van der Waals surface area contributed by atoms with E-state index in [2.05, 4.69) is 0 Å². The molecule has 0 radical (unpaired) electrons. The first-order chi connectivity index (χ1) is 6.53. The molecule has 0 heterocycles. The molecule has 1 aliphatic rings. The highest BCUT2D eigenvalue weighted by Crippen LogP contribution is 2.31. The van der Waals surface area contributed by atoms with Crippen LogP contribution >= 0.6 is 24.0 Å². The molecule has 1 N–H and O–H groups in total. The Balaban J connectivity index is 2.19. The van der Waals surface area contributed by atoms with Gasteiger partial charge in [-0.3, -0.25) is 0 Å². The van der Waals surface area contributed by atoms with E-state index in [0.29, 0.717) is 10.3 Å². The van der Waals surface area contributed by atoms with Crippen molar-refractivity contribution in [3.63, 3.8) is 0 Å². The minimum atomic E-state index is -0.448. The van der Waals surface area contributed by atoms with Gasteiger partial charge in [0.05, 0.1) is 12.2 Å². The number of rotatable bonds is 2. The van der Waals surface area contributed by atoms with Crippen molar-refractivity contribution in [2.24, 2.45) is 5.92 Å². The molecule has 2 nitrogen and oxygen atoms in total. The molecule has 0 aliphatic heterocycles. The molecular weight excluding hydrogens is 216 g/mol. The van der Waals surface area contributed by atoms with Gasteiger partial charge < -0.3 is 9.84 Å². The van der Waals surface area contributed by atoms with E-state index < -0.39 is 5.60 Å². The first-order valence-electron chi connectivity index (χ1n) is 4.96. The molecule has 0 unspecified atom stereocenters. The number of thioether (sulfide) groups is 1. The van der Waals surface area contributed by atoms with Crippen LogP contribution in [-0.4, -0.2) is 28.0 Å². The molecule has 0 spiro atoms. The molecule has 0 atom stereocenters. The van der Waals surface area contributed by atoms with Crippen LogP contribution < -0.4 is 0 Å². The molecule has 0 bridgehead atoms. The van der Waals surface area contributed by atoms with E-state index in [0.717, 1.165) is 32.3 Å². The third-order valence-corrected chi connectivity index (χ3v) is 3.85. The lowest BCUT2D eigenvalue weighted by atomic mass is 9.80. The van der Waals surface area contributed by atoms with Crippen molar-refractivity contribution in [3.8, 4) is 0 Å². The van der Waals surface area contributed by atoms with Crippen molar-refractivity contribution in [3.05, 3.63) is 0 Å². The number of thiocarbonyl (C=S) groups is 1. The first-order valence-corrected chi connectivity index (χ1v) is 6.60. The molecule has 1 fully saturated rings. The molecule has 82 valence electrons. The lowest BCUT2D eigenvalue weighted by molar-refractivity contribution is 0.00122. The third-order valence-electron chi connectivity index (χ3n) is 2.79. The zero-order chi connectivity index (χ0) is 10.6. The quantitative estimate of drug-likeness (QED) is 0.744. The van der Waals surface area contributed by atoms with Gasteiger partial charge in [-0.25, -0.2) is 0 Å². The van der Waals surface area contributed by atoms with Gasteiger partial charge in [0.1, 0.15) is 0 Å². The molecular formula is C10H18O2S2. The Bertz CT molecular complexity index is 194. The molecule has 1 saturated carbocycles. The van der Waals surface area contributed by atoms with Gasteiger partial charge in [-0.05, 0) is 57.0 Å². The second-order valence-corrected chi connectivity index (χ2v) is 5.61. The Labute approximate surface area is 95.4 Å². The van der Waals surface area contributed by atoms with Gasteiger partial charge in [0.15, 0.2) is 0 Å². The van der Waals surface area contributed by atoms with Crippen LogP contribution in [0.15, 0.2) is 0 Å². The van der Waals surface area contributed by atoms with Gasteiger partial charge in [0.25, 0.3) is 0 Å². The molecule has 4 heteroatoms.